The van der Waals surface area contributed by atoms with Crippen molar-refractivity contribution in [2.45, 2.75) is 33.9 Å². The van der Waals surface area contributed by atoms with Crippen LogP contribution >= 0.6 is 11.6 Å². The van der Waals surface area contributed by atoms with Crippen LogP contribution in [-0.2, 0) is 13.1 Å². The van der Waals surface area contributed by atoms with Crippen LogP contribution < -0.4 is 15.6 Å². The van der Waals surface area contributed by atoms with Crippen molar-refractivity contribution in [3.05, 3.63) is 112 Å². The first-order chi connectivity index (χ1) is 16.5. The standard InChI is InChI=1S/C26H26ClFN2O2.C2H6/c1-3-7-23(28)14-19(2)17-29-18-21-15-20-10-11-22(27)16-25(20)30(26(21)31)12-13-32-24-8-5-4-6-9-24;1-2/h3-11,14-16,29H,2,12-13,17-18H2,1H3;1-2H3/b7-3-,23-14+;. The topological polar surface area (TPSA) is 43.3 Å². The minimum atomic E-state index is -0.359. The number of allylic oxidation sites excluding steroid dienone is 3. The second-order valence-corrected chi connectivity index (χ2v) is 7.72. The molecule has 0 aliphatic rings. The summed E-state index contributed by atoms with van der Waals surface area (Å²) in [4.78, 5) is 13.2. The van der Waals surface area contributed by atoms with Gasteiger partial charge in [0.2, 0.25) is 0 Å². The summed E-state index contributed by atoms with van der Waals surface area (Å²) in [5.41, 5.74) is 1.82. The van der Waals surface area contributed by atoms with Crippen LogP contribution in [0.1, 0.15) is 26.3 Å². The van der Waals surface area contributed by atoms with Gasteiger partial charge in [-0.15, -0.1) is 0 Å². The van der Waals surface area contributed by atoms with Crippen molar-refractivity contribution in [1.82, 2.24) is 9.88 Å². The SMILES string of the molecule is C=C(/C=C(F)\C=C/C)CNCc1cc2ccc(Cl)cc2n(CCOc2ccccc2)c1=O.CC. The molecule has 0 unspecified atom stereocenters. The molecule has 0 aliphatic heterocycles. The lowest BCUT2D eigenvalue weighted by Crippen LogP contribution is -2.29. The van der Waals surface area contributed by atoms with E-state index in [0.29, 0.717) is 42.4 Å². The van der Waals surface area contributed by atoms with Gasteiger partial charge in [0.25, 0.3) is 5.56 Å². The first-order valence-electron chi connectivity index (χ1n) is 11.4. The average molecular weight is 483 g/mol. The molecule has 0 saturated carbocycles. The number of hydrogen-bond donors (Lipinski definition) is 1. The molecule has 0 saturated heterocycles. The van der Waals surface area contributed by atoms with Crippen LogP contribution in [-0.4, -0.2) is 17.7 Å². The maximum atomic E-state index is 13.6. The molecule has 1 aromatic heterocycles. The Bertz CT molecular complexity index is 1200. The second kappa shape index (κ2) is 14.2. The highest BCUT2D eigenvalue weighted by atomic mass is 35.5. The van der Waals surface area contributed by atoms with Crippen LogP contribution in [0.3, 0.4) is 0 Å². The minimum absolute atomic E-state index is 0.120. The molecule has 0 radical (unpaired) electrons. The van der Waals surface area contributed by atoms with Crippen molar-refractivity contribution >= 4 is 22.5 Å². The van der Waals surface area contributed by atoms with E-state index < -0.39 is 0 Å². The Hall–Kier alpha value is -3.15. The summed E-state index contributed by atoms with van der Waals surface area (Å²) >= 11 is 6.19. The zero-order chi connectivity index (χ0) is 24.9. The molecule has 0 spiro atoms. The molecule has 0 aliphatic carbocycles. The van der Waals surface area contributed by atoms with Crippen LogP contribution in [0.25, 0.3) is 10.9 Å². The van der Waals surface area contributed by atoms with Crippen molar-refractivity contribution in [2.24, 2.45) is 0 Å². The monoisotopic (exact) mass is 482 g/mol. The number of pyridine rings is 1. The fourth-order valence-electron chi connectivity index (χ4n) is 3.34. The highest BCUT2D eigenvalue weighted by Crippen LogP contribution is 2.19. The van der Waals surface area contributed by atoms with E-state index in [1.54, 1.807) is 29.7 Å². The van der Waals surface area contributed by atoms with Crippen molar-refractivity contribution < 1.29 is 9.13 Å². The third kappa shape index (κ3) is 8.01. The molecule has 0 bridgehead atoms. The summed E-state index contributed by atoms with van der Waals surface area (Å²) in [6.45, 7) is 11.0. The molecule has 34 heavy (non-hydrogen) atoms. The van der Waals surface area contributed by atoms with Gasteiger partial charge >= 0.3 is 0 Å². The fraction of sp³-hybridized carbons (Fsp3) is 0.250. The molecule has 6 heteroatoms. The fourth-order valence-corrected chi connectivity index (χ4v) is 3.50. The number of nitrogens with zero attached hydrogens (tertiary/aromatic N) is 1. The van der Waals surface area contributed by atoms with E-state index in [1.807, 2.05) is 56.3 Å². The number of hydrogen-bond acceptors (Lipinski definition) is 3. The summed E-state index contributed by atoms with van der Waals surface area (Å²) in [7, 11) is 0. The van der Waals surface area contributed by atoms with Crippen LogP contribution in [0.5, 0.6) is 5.75 Å². The number of nitrogens with one attached hydrogen (secondary N) is 1. The molecule has 4 nitrogen and oxygen atoms in total. The Morgan fingerprint density at radius 2 is 1.91 bits per heavy atom. The average Bonchev–Trinajstić information content (AvgIpc) is 2.83. The molecule has 3 aromatic rings. The summed E-state index contributed by atoms with van der Waals surface area (Å²) in [6, 6.07) is 16.8. The van der Waals surface area contributed by atoms with Crippen LogP contribution in [0.15, 0.2) is 95.6 Å². The lowest BCUT2D eigenvalue weighted by Gasteiger charge is -2.14. The molecule has 0 amide bonds. The number of fused-ring (bicyclic) bond motifs is 1. The zero-order valence-electron chi connectivity index (χ0n) is 20.0. The number of rotatable bonds is 10. The van der Waals surface area contributed by atoms with E-state index in [4.69, 9.17) is 16.3 Å². The summed E-state index contributed by atoms with van der Waals surface area (Å²) in [5.74, 6) is 0.389. The number of ether oxygens (including phenoxy) is 1. The van der Waals surface area contributed by atoms with E-state index in [9.17, 15) is 9.18 Å². The van der Waals surface area contributed by atoms with Gasteiger partial charge in [0.05, 0.1) is 12.1 Å². The molecule has 2 aromatic carbocycles. The summed E-state index contributed by atoms with van der Waals surface area (Å²) in [6.07, 6.45) is 4.36. The van der Waals surface area contributed by atoms with Gasteiger partial charge in [0.15, 0.2) is 0 Å². The van der Waals surface area contributed by atoms with Crippen molar-refractivity contribution in [1.29, 1.82) is 0 Å². The smallest absolute Gasteiger partial charge is 0.255 e. The summed E-state index contributed by atoms with van der Waals surface area (Å²) < 4.78 is 21.0. The number of benzene rings is 2. The van der Waals surface area contributed by atoms with Crippen molar-refractivity contribution in [3.8, 4) is 5.75 Å². The first-order valence-corrected chi connectivity index (χ1v) is 11.7. The molecule has 0 atom stereocenters. The second-order valence-electron chi connectivity index (χ2n) is 7.28. The summed E-state index contributed by atoms with van der Waals surface area (Å²) in [5, 5.41) is 4.64. The Morgan fingerprint density at radius 1 is 1.18 bits per heavy atom. The van der Waals surface area contributed by atoms with E-state index in [2.05, 4.69) is 11.9 Å². The predicted octanol–water partition coefficient (Wildman–Crippen LogP) is 6.84. The number of aromatic nitrogens is 1. The van der Waals surface area contributed by atoms with Crippen LogP contribution in [0, 0.1) is 0 Å². The first kappa shape index (κ1) is 27.1. The molecule has 0 fully saturated rings. The molecular formula is C28H32ClFN2O2. The Kier molecular flexibility index (Phi) is 11.3. The molecule has 1 N–H and O–H groups in total. The van der Waals surface area contributed by atoms with Gasteiger partial charge in [-0.05, 0) is 60.4 Å². The lowest BCUT2D eigenvalue weighted by atomic mass is 10.1. The normalized spacial score (nSPS) is 11.4. The Balaban J connectivity index is 0.00000199. The third-order valence-electron chi connectivity index (χ3n) is 4.80. The molecule has 3 rings (SSSR count). The highest BCUT2D eigenvalue weighted by Gasteiger charge is 2.10. The third-order valence-corrected chi connectivity index (χ3v) is 5.03. The van der Waals surface area contributed by atoms with Gasteiger partial charge < -0.3 is 14.6 Å². The molecular weight excluding hydrogens is 451 g/mol. The van der Waals surface area contributed by atoms with Gasteiger partial charge in [-0.1, -0.05) is 62.4 Å². The quantitative estimate of drug-likeness (QED) is 0.322. The van der Waals surface area contributed by atoms with E-state index in [-0.39, 0.29) is 11.4 Å². The predicted molar refractivity (Wildman–Crippen MR) is 141 cm³/mol. The van der Waals surface area contributed by atoms with Crippen molar-refractivity contribution in [2.75, 3.05) is 13.2 Å². The van der Waals surface area contributed by atoms with Gasteiger partial charge in [-0.3, -0.25) is 4.79 Å². The van der Waals surface area contributed by atoms with Gasteiger partial charge in [-0.2, -0.15) is 0 Å². The maximum Gasteiger partial charge on any atom is 0.255 e. The minimum Gasteiger partial charge on any atom is -0.492 e. The number of para-hydroxylation sites is 1. The number of halogens is 2. The lowest BCUT2D eigenvalue weighted by molar-refractivity contribution is 0.298. The van der Waals surface area contributed by atoms with Crippen molar-refractivity contribution in [3.63, 3.8) is 0 Å². The molecule has 1 heterocycles. The zero-order valence-corrected chi connectivity index (χ0v) is 20.7. The van der Waals surface area contributed by atoms with E-state index in [1.165, 1.54) is 12.2 Å². The van der Waals surface area contributed by atoms with Gasteiger partial charge in [0, 0.05) is 23.7 Å². The van der Waals surface area contributed by atoms with Gasteiger partial charge in [0.1, 0.15) is 18.2 Å². The van der Waals surface area contributed by atoms with Gasteiger partial charge in [-0.25, -0.2) is 4.39 Å². The Morgan fingerprint density at radius 3 is 2.62 bits per heavy atom. The largest absolute Gasteiger partial charge is 0.492 e. The Labute approximate surface area is 206 Å². The van der Waals surface area contributed by atoms with Crippen LogP contribution in [0.2, 0.25) is 5.02 Å². The highest BCUT2D eigenvalue weighted by molar-refractivity contribution is 6.31. The van der Waals surface area contributed by atoms with Crippen LogP contribution in [0.4, 0.5) is 4.39 Å². The maximum absolute atomic E-state index is 13.6. The molecule has 180 valence electrons. The van der Waals surface area contributed by atoms with E-state index >= 15 is 0 Å². The van der Waals surface area contributed by atoms with E-state index in [0.717, 1.165) is 16.7 Å².